The van der Waals surface area contributed by atoms with Gasteiger partial charge in [0, 0.05) is 31.7 Å². The number of amidine groups is 1. The van der Waals surface area contributed by atoms with Gasteiger partial charge < -0.3 is 15.5 Å². The highest BCUT2D eigenvalue weighted by molar-refractivity contribution is 5.95. The van der Waals surface area contributed by atoms with Crippen LogP contribution in [-0.2, 0) is 0 Å². The largest absolute Gasteiger partial charge is 0.384 e. The average Bonchev–Trinajstić information content (AvgIpc) is 2.38. The second kappa shape index (κ2) is 5.52. The summed E-state index contributed by atoms with van der Waals surface area (Å²) in [6.45, 7) is 5.80. The minimum absolute atomic E-state index is 0.0132. The molecule has 3 N–H and O–H groups in total. The van der Waals surface area contributed by atoms with Gasteiger partial charge in [0.25, 0.3) is 0 Å². The van der Waals surface area contributed by atoms with Crippen LogP contribution in [0.1, 0.15) is 12.5 Å². The number of nitrogens with two attached hydrogens (primary N) is 1. The number of nitrogens with zero attached hydrogens (tertiary/aromatic N) is 2. The molecule has 1 aliphatic heterocycles. The molecule has 0 aromatic heterocycles. The zero-order valence-corrected chi connectivity index (χ0v) is 10.9. The van der Waals surface area contributed by atoms with E-state index in [4.69, 9.17) is 11.1 Å². The zero-order valence-electron chi connectivity index (χ0n) is 10.9. The van der Waals surface area contributed by atoms with Gasteiger partial charge in [0.15, 0.2) is 0 Å². The van der Waals surface area contributed by atoms with E-state index in [-0.39, 0.29) is 17.1 Å². The fraction of sp³-hybridized carbons (Fsp3) is 0.462. The van der Waals surface area contributed by atoms with Crippen LogP contribution in [0.2, 0.25) is 0 Å². The van der Waals surface area contributed by atoms with Crippen molar-refractivity contribution < 1.29 is 8.78 Å². The normalized spacial score (nSPS) is 16.7. The van der Waals surface area contributed by atoms with Crippen molar-refractivity contribution >= 4 is 11.5 Å². The SMILES string of the molecule is CCN1CCN(c2c(F)cc(C(=N)N)cc2F)CC1. The maximum Gasteiger partial charge on any atom is 0.150 e. The third-order valence-corrected chi connectivity index (χ3v) is 3.46. The van der Waals surface area contributed by atoms with Gasteiger partial charge in [-0.25, -0.2) is 8.78 Å². The molecular weight excluding hydrogens is 250 g/mol. The monoisotopic (exact) mass is 268 g/mol. The fourth-order valence-electron chi connectivity index (χ4n) is 2.31. The zero-order chi connectivity index (χ0) is 14.0. The minimum atomic E-state index is -0.657. The molecule has 0 unspecified atom stereocenters. The van der Waals surface area contributed by atoms with Crippen molar-refractivity contribution in [2.24, 2.45) is 5.73 Å². The van der Waals surface area contributed by atoms with Crippen molar-refractivity contribution in [3.63, 3.8) is 0 Å². The summed E-state index contributed by atoms with van der Waals surface area (Å²) in [5, 5.41) is 7.22. The Morgan fingerprint density at radius 2 is 1.74 bits per heavy atom. The molecule has 0 amide bonds. The van der Waals surface area contributed by atoms with Gasteiger partial charge in [-0.05, 0) is 18.7 Å². The van der Waals surface area contributed by atoms with Gasteiger partial charge in [-0.15, -0.1) is 0 Å². The Morgan fingerprint density at radius 1 is 1.21 bits per heavy atom. The van der Waals surface area contributed by atoms with E-state index in [9.17, 15) is 8.78 Å². The van der Waals surface area contributed by atoms with E-state index in [0.29, 0.717) is 13.1 Å². The van der Waals surface area contributed by atoms with Crippen molar-refractivity contribution in [2.45, 2.75) is 6.92 Å². The molecule has 0 spiro atoms. The van der Waals surface area contributed by atoms with Crippen molar-refractivity contribution in [3.05, 3.63) is 29.3 Å². The molecule has 19 heavy (non-hydrogen) atoms. The molecule has 0 aliphatic carbocycles. The lowest BCUT2D eigenvalue weighted by atomic mass is 10.1. The lowest BCUT2D eigenvalue weighted by molar-refractivity contribution is 0.269. The first-order valence-corrected chi connectivity index (χ1v) is 6.33. The molecule has 1 aromatic rings. The highest BCUT2D eigenvalue weighted by atomic mass is 19.1. The number of halogens is 2. The highest BCUT2D eigenvalue weighted by Gasteiger charge is 2.22. The van der Waals surface area contributed by atoms with Crippen LogP contribution in [0.25, 0.3) is 0 Å². The number of nitrogen functional groups attached to an aromatic ring is 1. The first-order valence-electron chi connectivity index (χ1n) is 6.33. The number of hydrogen-bond acceptors (Lipinski definition) is 3. The Kier molecular flexibility index (Phi) is 3.99. The molecule has 1 fully saturated rings. The summed E-state index contributed by atoms with van der Waals surface area (Å²) < 4.78 is 28.0. The van der Waals surface area contributed by atoms with Crippen molar-refractivity contribution in [2.75, 3.05) is 37.6 Å². The number of piperazine rings is 1. The molecule has 1 saturated heterocycles. The summed E-state index contributed by atoms with van der Waals surface area (Å²) in [4.78, 5) is 3.94. The predicted molar refractivity (Wildman–Crippen MR) is 71.7 cm³/mol. The molecule has 2 rings (SSSR count). The van der Waals surface area contributed by atoms with Crippen molar-refractivity contribution in [1.29, 1.82) is 5.41 Å². The first-order chi connectivity index (χ1) is 9.02. The molecule has 0 bridgehead atoms. The van der Waals surface area contributed by atoms with Crippen LogP contribution in [-0.4, -0.2) is 43.5 Å². The van der Waals surface area contributed by atoms with Crippen LogP contribution in [0.15, 0.2) is 12.1 Å². The van der Waals surface area contributed by atoms with Crippen LogP contribution >= 0.6 is 0 Å². The summed E-state index contributed by atoms with van der Waals surface area (Å²) in [6.07, 6.45) is 0. The van der Waals surface area contributed by atoms with Gasteiger partial charge in [0.1, 0.15) is 23.2 Å². The molecule has 1 aliphatic rings. The predicted octanol–water partition coefficient (Wildman–Crippen LogP) is 1.39. The van der Waals surface area contributed by atoms with Gasteiger partial charge in [-0.1, -0.05) is 6.92 Å². The van der Waals surface area contributed by atoms with Crippen LogP contribution in [0.4, 0.5) is 14.5 Å². The van der Waals surface area contributed by atoms with E-state index in [1.807, 2.05) is 0 Å². The summed E-state index contributed by atoms with van der Waals surface area (Å²) in [7, 11) is 0. The Morgan fingerprint density at radius 3 is 2.16 bits per heavy atom. The lowest BCUT2D eigenvalue weighted by Gasteiger charge is -2.35. The molecule has 0 atom stereocenters. The van der Waals surface area contributed by atoms with E-state index in [1.165, 1.54) is 0 Å². The van der Waals surface area contributed by atoms with E-state index in [1.54, 1.807) is 4.90 Å². The van der Waals surface area contributed by atoms with Gasteiger partial charge >= 0.3 is 0 Å². The fourth-order valence-corrected chi connectivity index (χ4v) is 2.31. The topological polar surface area (TPSA) is 56.4 Å². The van der Waals surface area contributed by atoms with Crippen LogP contribution in [0.3, 0.4) is 0 Å². The number of hydrogen-bond donors (Lipinski definition) is 2. The Hall–Kier alpha value is -1.69. The molecule has 0 radical (unpaired) electrons. The molecule has 104 valence electrons. The van der Waals surface area contributed by atoms with Crippen LogP contribution < -0.4 is 10.6 Å². The third-order valence-electron chi connectivity index (χ3n) is 3.46. The lowest BCUT2D eigenvalue weighted by Crippen LogP contribution is -2.46. The second-order valence-electron chi connectivity index (χ2n) is 4.62. The molecule has 1 heterocycles. The van der Waals surface area contributed by atoms with E-state index in [0.717, 1.165) is 31.8 Å². The number of benzene rings is 1. The smallest absolute Gasteiger partial charge is 0.150 e. The van der Waals surface area contributed by atoms with E-state index in [2.05, 4.69) is 11.8 Å². The van der Waals surface area contributed by atoms with E-state index < -0.39 is 11.6 Å². The first kappa shape index (κ1) is 13.7. The minimum Gasteiger partial charge on any atom is -0.384 e. The van der Waals surface area contributed by atoms with E-state index >= 15 is 0 Å². The summed E-state index contributed by atoms with van der Waals surface area (Å²) in [6, 6.07) is 2.24. The number of rotatable bonds is 3. The third kappa shape index (κ3) is 2.84. The summed E-state index contributed by atoms with van der Waals surface area (Å²) in [5.74, 6) is -1.65. The molecule has 4 nitrogen and oxygen atoms in total. The number of nitrogens with one attached hydrogen (secondary N) is 1. The standard InChI is InChI=1S/C13H18F2N4/c1-2-18-3-5-19(6-4-18)12-10(14)7-9(13(16)17)8-11(12)15/h7-8H,2-6H2,1H3,(H3,16,17). The summed E-state index contributed by atoms with van der Waals surface area (Å²) in [5.41, 5.74) is 5.31. The Bertz CT molecular complexity index is 459. The summed E-state index contributed by atoms with van der Waals surface area (Å²) >= 11 is 0. The number of anilines is 1. The second-order valence-corrected chi connectivity index (χ2v) is 4.62. The highest BCUT2D eigenvalue weighted by Crippen LogP contribution is 2.26. The van der Waals surface area contributed by atoms with Crippen molar-refractivity contribution in [1.82, 2.24) is 4.90 Å². The van der Waals surface area contributed by atoms with Gasteiger partial charge in [-0.2, -0.15) is 0 Å². The molecular formula is C13H18F2N4. The molecule has 6 heteroatoms. The van der Waals surface area contributed by atoms with Gasteiger partial charge in [0.2, 0.25) is 0 Å². The Balaban J connectivity index is 2.24. The van der Waals surface area contributed by atoms with Crippen LogP contribution in [0, 0.1) is 17.0 Å². The number of likely N-dealkylation sites (N-methyl/N-ethyl adjacent to an activating group) is 1. The van der Waals surface area contributed by atoms with Gasteiger partial charge in [0.05, 0.1) is 0 Å². The van der Waals surface area contributed by atoms with Crippen molar-refractivity contribution in [3.8, 4) is 0 Å². The van der Waals surface area contributed by atoms with Crippen LogP contribution in [0.5, 0.6) is 0 Å². The molecule has 0 saturated carbocycles. The molecule has 1 aromatic carbocycles. The quantitative estimate of drug-likeness (QED) is 0.643. The average molecular weight is 268 g/mol. The maximum absolute atomic E-state index is 14.0. The maximum atomic E-state index is 14.0. The van der Waals surface area contributed by atoms with Gasteiger partial charge in [-0.3, -0.25) is 5.41 Å². The Labute approximate surface area is 111 Å².